The zero-order valence-corrected chi connectivity index (χ0v) is 11.8. The number of anilines is 2. The summed E-state index contributed by atoms with van der Waals surface area (Å²) in [6.07, 6.45) is 0.186. The van der Waals surface area contributed by atoms with Crippen LogP contribution in [0, 0.1) is 11.6 Å². The van der Waals surface area contributed by atoms with Gasteiger partial charge in [0.2, 0.25) is 5.91 Å². The third kappa shape index (κ3) is 4.72. The second kappa shape index (κ2) is 7.04. The predicted molar refractivity (Wildman–Crippen MR) is 79.5 cm³/mol. The van der Waals surface area contributed by atoms with Crippen molar-refractivity contribution in [2.45, 2.75) is 6.42 Å². The molecule has 0 spiro atoms. The van der Waals surface area contributed by atoms with E-state index in [1.54, 1.807) is 6.07 Å². The minimum absolute atomic E-state index is 0.0178. The van der Waals surface area contributed by atoms with Crippen molar-refractivity contribution < 1.29 is 13.6 Å². The molecule has 0 aromatic heterocycles. The van der Waals surface area contributed by atoms with E-state index < -0.39 is 11.6 Å². The lowest BCUT2D eigenvalue weighted by molar-refractivity contribution is -0.115. The number of carbonyl (C=O) groups excluding carboxylic acids is 1. The molecular formula is C15H13ClF2N2O. The van der Waals surface area contributed by atoms with Gasteiger partial charge in [0.05, 0.1) is 5.02 Å². The molecule has 0 atom stereocenters. The fraction of sp³-hybridized carbons (Fsp3) is 0.133. The molecule has 0 radical (unpaired) electrons. The smallest absolute Gasteiger partial charge is 0.226 e. The molecule has 3 nitrogen and oxygen atoms in total. The molecule has 0 saturated heterocycles. The van der Waals surface area contributed by atoms with Crippen molar-refractivity contribution in [3.63, 3.8) is 0 Å². The molecular weight excluding hydrogens is 298 g/mol. The maximum Gasteiger partial charge on any atom is 0.226 e. The largest absolute Gasteiger partial charge is 0.384 e. The van der Waals surface area contributed by atoms with Crippen molar-refractivity contribution in [1.29, 1.82) is 0 Å². The van der Waals surface area contributed by atoms with Gasteiger partial charge in [0.25, 0.3) is 0 Å². The summed E-state index contributed by atoms with van der Waals surface area (Å²) in [6.45, 7) is 0.350. The van der Waals surface area contributed by atoms with Crippen molar-refractivity contribution in [3.05, 3.63) is 59.1 Å². The zero-order valence-electron chi connectivity index (χ0n) is 11.0. The normalized spacial score (nSPS) is 10.2. The van der Waals surface area contributed by atoms with Crippen molar-refractivity contribution in [2.75, 3.05) is 17.2 Å². The Balaban J connectivity index is 1.80. The van der Waals surface area contributed by atoms with Gasteiger partial charge in [-0.05, 0) is 36.4 Å². The highest BCUT2D eigenvalue weighted by atomic mass is 35.5. The SMILES string of the molecule is O=C(CCNc1ccc(F)c(Cl)c1)Nc1cccc(F)c1. The lowest BCUT2D eigenvalue weighted by Crippen LogP contribution is -2.16. The summed E-state index contributed by atoms with van der Waals surface area (Å²) >= 11 is 5.65. The maximum absolute atomic E-state index is 13.0. The molecule has 0 unspecified atom stereocenters. The molecule has 21 heavy (non-hydrogen) atoms. The van der Waals surface area contributed by atoms with E-state index in [0.717, 1.165) is 0 Å². The molecule has 0 aliphatic rings. The molecule has 1 amide bonds. The van der Waals surface area contributed by atoms with Gasteiger partial charge in [-0.3, -0.25) is 4.79 Å². The highest BCUT2D eigenvalue weighted by Gasteiger charge is 2.04. The molecule has 110 valence electrons. The molecule has 6 heteroatoms. The van der Waals surface area contributed by atoms with Gasteiger partial charge in [0, 0.05) is 24.3 Å². The lowest BCUT2D eigenvalue weighted by Gasteiger charge is -2.08. The van der Waals surface area contributed by atoms with Crippen molar-refractivity contribution in [3.8, 4) is 0 Å². The highest BCUT2D eigenvalue weighted by Crippen LogP contribution is 2.19. The van der Waals surface area contributed by atoms with Crippen molar-refractivity contribution in [1.82, 2.24) is 0 Å². The van der Waals surface area contributed by atoms with Gasteiger partial charge in [-0.2, -0.15) is 0 Å². The lowest BCUT2D eigenvalue weighted by atomic mass is 10.3. The summed E-state index contributed by atoms with van der Waals surface area (Å²) in [4.78, 5) is 11.7. The molecule has 2 aromatic carbocycles. The van der Waals surface area contributed by atoms with Crippen molar-refractivity contribution >= 4 is 28.9 Å². The number of amides is 1. The molecule has 0 aliphatic heterocycles. The quantitative estimate of drug-likeness (QED) is 0.874. The number of benzene rings is 2. The van der Waals surface area contributed by atoms with Gasteiger partial charge in [-0.1, -0.05) is 17.7 Å². The number of nitrogens with one attached hydrogen (secondary N) is 2. The summed E-state index contributed by atoms with van der Waals surface area (Å²) in [6, 6.07) is 9.89. The monoisotopic (exact) mass is 310 g/mol. The van der Waals surface area contributed by atoms with E-state index in [2.05, 4.69) is 10.6 Å². The Kier molecular flexibility index (Phi) is 5.11. The molecule has 0 saturated carbocycles. The Morgan fingerprint density at radius 2 is 1.90 bits per heavy atom. The van der Waals surface area contributed by atoms with Crippen LogP contribution >= 0.6 is 11.6 Å². The highest BCUT2D eigenvalue weighted by molar-refractivity contribution is 6.31. The van der Waals surface area contributed by atoms with Crippen LogP contribution in [0.25, 0.3) is 0 Å². The minimum atomic E-state index is -0.494. The van der Waals surface area contributed by atoms with Gasteiger partial charge in [-0.15, -0.1) is 0 Å². The number of hydrogen-bond acceptors (Lipinski definition) is 2. The summed E-state index contributed by atoms with van der Waals surface area (Å²) in [5, 5.41) is 5.56. The topological polar surface area (TPSA) is 41.1 Å². The first kappa shape index (κ1) is 15.3. The predicted octanol–water partition coefficient (Wildman–Crippen LogP) is 4.06. The average molecular weight is 311 g/mol. The van der Waals surface area contributed by atoms with Gasteiger partial charge < -0.3 is 10.6 Å². The van der Waals surface area contributed by atoms with Crippen LogP contribution in [-0.4, -0.2) is 12.5 Å². The first-order valence-corrected chi connectivity index (χ1v) is 6.67. The Bertz CT molecular complexity index is 649. The Morgan fingerprint density at radius 3 is 2.62 bits per heavy atom. The van der Waals surface area contributed by atoms with Gasteiger partial charge in [-0.25, -0.2) is 8.78 Å². The minimum Gasteiger partial charge on any atom is -0.384 e. The second-order valence-corrected chi connectivity index (χ2v) is 4.77. The standard InChI is InChI=1S/C15H13ClF2N2O/c16-13-9-11(4-5-14(13)18)19-7-6-15(21)20-12-3-1-2-10(17)8-12/h1-5,8-9,19H,6-7H2,(H,20,21). The molecule has 2 rings (SSSR count). The van der Waals surface area contributed by atoms with Gasteiger partial charge in [0.15, 0.2) is 0 Å². The Labute approximate surface area is 125 Å². The van der Waals surface area contributed by atoms with E-state index >= 15 is 0 Å². The number of rotatable bonds is 5. The van der Waals surface area contributed by atoms with Crippen LogP contribution in [0.2, 0.25) is 5.02 Å². The Hall–Kier alpha value is -2.14. The molecule has 0 aliphatic carbocycles. The van der Waals surface area contributed by atoms with Crippen LogP contribution in [-0.2, 0) is 4.79 Å². The number of carbonyl (C=O) groups is 1. The molecule has 2 aromatic rings. The summed E-state index contributed by atoms with van der Waals surface area (Å²) in [5.41, 5.74) is 1.03. The maximum atomic E-state index is 13.0. The van der Waals surface area contributed by atoms with E-state index in [-0.39, 0.29) is 17.4 Å². The third-order valence-electron chi connectivity index (χ3n) is 2.71. The third-order valence-corrected chi connectivity index (χ3v) is 3.00. The van der Waals surface area contributed by atoms with Gasteiger partial charge in [0.1, 0.15) is 11.6 Å². The van der Waals surface area contributed by atoms with Crippen LogP contribution in [0.4, 0.5) is 20.2 Å². The first-order chi connectivity index (χ1) is 10.0. The summed E-state index contributed by atoms with van der Waals surface area (Å²) in [7, 11) is 0. The summed E-state index contributed by atoms with van der Waals surface area (Å²) in [5.74, 6) is -1.15. The van der Waals surface area contributed by atoms with Crippen LogP contribution < -0.4 is 10.6 Å². The van der Waals surface area contributed by atoms with E-state index in [0.29, 0.717) is 17.9 Å². The Morgan fingerprint density at radius 1 is 1.10 bits per heavy atom. The average Bonchev–Trinajstić information content (AvgIpc) is 2.43. The van der Waals surface area contributed by atoms with Gasteiger partial charge >= 0.3 is 0 Å². The van der Waals surface area contributed by atoms with E-state index in [9.17, 15) is 13.6 Å². The van der Waals surface area contributed by atoms with Crippen LogP contribution in [0.3, 0.4) is 0 Å². The first-order valence-electron chi connectivity index (χ1n) is 6.29. The van der Waals surface area contributed by atoms with E-state index in [1.165, 1.54) is 36.4 Å². The molecule has 0 heterocycles. The summed E-state index contributed by atoms with van der Waals surface area (Å²) < 4.78 is 25.9. The second-order valence-electron chi connectivity index (χ2n) is 4.36. The van der Waals surface area contributed by atoms with Crippen molar-refractivity contribution in [2.24, 2.45) is 0 Å². The molecule has 2 N–H and O–H groups in total. The van der Waals surface area contributed by atoms with Crippen LogP contribution in [0.1, 0.15) is 6.42 Å². The van der Waals surface area contributed by atoms with E-state index in [1.807, 2.05) is 0 Å². The fourth-order valence-corrected chi connectivity index (χ4v) is 1.90. The molecule has 0 bridgehead atoms. The number of halogens is 3. The molecule has 0 fully saturated rings. The van der Waals surface area contributed by atoms with E-state index in [4.69, 9.17) is 11.6 Å². The van der Waals surface area contributed by atoms with Crippen LogP contribution in [0.5, 0.6) is 0 Å². The fourth-order valence-electron chi connectivity index (χ4n) is 1.72. The van der Waals surface area contributed by atoms with Crippen LogP contribution in [0.15, 0.2) is 42.5 Å². The number of hydrogen-bond donors (Lipinski definition) is 2. The zero-order chi connectivity index (χ0) is 15.2.